The van der Waals surface area contributed by atoms with E-state index in [4.69, 9.17) is 4.74 Å². The van der Waals surface area contributed by atoms with Gasteiger partial charge in [-0.2, -0.15) is 0 Å². The second-order valence-corrected chi connectivity index (χ2v) is 8.24. The Balaban J connectivity index is 1.92. The van der Waals surface area contributed by atoms with Crippen molar-refractivity contribution in [2.75, 3.05) is 6.61 Å². The number of nitrogens with zero attached hydrogens (tertiary/aromatic N) is 1. The Hall–Kier alpha value is -3.67. The molecule has 0 heterocycles. The zero-order valence-electron chi connectivity index (χ0n) is 19.6. The Kier molecular flexibility index (Phi) is 9.21. The lowest BCUT2D eigenvalue weighted by molar-refractivity contribution is -0.143. The molecule has 34 heavy (non-hydrogen) atoms. The molecule has 0 spiro atoms. The number of ether oxygens (including phenoxy) is 1. The number of carbonyl (C=O) groups excluding carboxylic acids is 2. The van der Waals surface area contributed by atoms with Gasteiger partial charge in [-0.05, 0) is 37.1 Å². The first kappa shape index (κ1) is 25.0. The summed E-state index contributed by atoms with van der Waals surface area (Å²) in [5.41, 5.74) is 1.24. The van der Waals surface area contributed by atoms with Crippen molar-refractivity contribution in [3.63, 3.8) is 0 Å². The Bertz CT molecular complexity index is 1060. The topological polar surface area (TPSA) is 58.6 Å². The van der Waals surface area contributed by atoms with E-state index in [9.17, 15) is 14.0 Å². The van der Waals surface area contributed by atoms with Crippen LogP contribution < -0.4 is 10.1 Å². The lowest BCUT2D eigenvalue weighted by Gasteiger charge is -2.32. The molecule has 0 aliphatic heterocycles. The highest BCUT2D eigenvalue weighted by molar-refractivity contribution is 5.88. The van der Waals surface area contributed by atoms with Crippen molar-refractivity contribution in [1.82, 2.24) is 10.2 Å². The van der Waals surface area contributed by atoms with Crippen LogP contribution in [0.25, 0.3) is 0 Å². The molecule has 0 bridgehead atoms. The molecule has 0 saturated carbocycles. The van der Waals surface area contributed by atoms with Crippen LogP contribution in [0.2, 0.25) is 0 Å². The summed E-state index contributed by atoms with van der Waals surface area (Å²) in [5.74, 6) is -0.551. The molecule has 0 aliphatic rings. The average Bonchev–Trinajstić information content (AvgIpc) is 2.86. The third-order valence-electron chi connectivity index (χ3n) is 5.68. The summed E-state index contributed by atoms with van der Waals surface area (Å²) in [5, 5.41) is 2.99. The highest BCUT2D eigenvalue weighted by Gasteiger charge is 2.31. The molecule has 2 atom stereocenters. The average molecular weight is 463 g/mol. The van der Waals surface area contributed by atoms with Crippen molar-refractivity contribution < 1.29 is 18.7 Å². The minimum atomic E-state index is -0.831. The molecule has 0 radical (unpaired) electrons. The fourth-order valence-corrected chi connectivity index (χ4v) is 3.55. The van der Waals surface area contributed by atoms with E-state index in [1.54, 1.807) is 30.3 Å². The monoisotopic (exact) mass is 462 g/mol. The van der Waals surface area contributed by atoms with Crippen LogP contribution in [-0.4, -0.2) is 35.4 Å². The number of benzene rings is 3. The number of carbonyl (C=O) groups is 2. The van der Waals surface area contributed by atoms with Gasteiger partial charge in [-0.1, -0.05) is 73.7 Å². The smallest absolute Gasteiger partial charge is 0.261 e. The zero-order chi connectivity index (χ0) is 24.3. The first-order chi connectivity index (χ1) is 16.5. The van der Waals surface area contributed by atoms with Crippen molar-refractivity contribution in [3.8, 4) is 5.75 Å². The molecule has 5 nitrogen and oxygen atoms in total. The van der Waals surface area contributed by atoms with Crippen LogP contribution in [0.4, 0.5) is 4.39 Å². The van der Waals surface area contributed by atoms with Gasteiger partial charge >= 0.3 is 0 Å². The Morgan fingerprint density at radius 2 is 1.56 bits per heavy atom. The molecule has 0 aromatic heterocycles. The van der Waals surface area contributed by atoms with Gasteiger partial charge in [0.1, 0.15) is 17.6 Å². The third-order valence-corrected chi connectivity index (χ3v) is 5.68. The molecule has 0 unspecified atom stereocenters. The summed E-state index contributed by atoms with van der Waals surface area (Å²) in [4.78, 5) is 28.2. The van der Waals surface area contributed by atoms with Gasteiger partial charge in [0.25, 0.3) is 5.91 Å². The number of nitrogens with one attached hydrogen (secondary N) is 1. The highest BCUT2D eigenvalue weighted by atomic mass is 19.1. The summed E-state index contributed by atoms with van der Waals surface area (Å²) in [6.45, 7) is 3.58. The number of para-hydroxylation sites is 1. The second kappa shape index (κ2) is 12.5. The molecule has 3 aromatic carbocycles. The van der Waals surface area contributed by atoms with Crippen LogP contribution in [0.15, 0.2) is 84.9 Å². The normalized spacial score (nSPS) is 12.4. The SMILES string of the molecule is CC[C@H](C)NC(=O)[C@@H](Cc1ccccc1)N(Cc1ccccc1F)C(=O)COc1ccccc1. The van der Waals surface area contributed by atoms with E-state index in [1.165, 1.54) is 11.0 Å². The summed E-state index contributed by atoms with van der Waals surface area (Å²) in [6.07, 6.45) is 1.05. The van der Waals surface area contributed by atoms with E-state index in [0.29, 0.717) is 17.7 Å². The van der Waals surface area contributed by atoms with Crippen LogP contribution in [0.1, 0.15) is 31.4 Å². The van der Waals surface area contributed by atoms with E-state index in [2.05, 4.69) is 5.32 Å². The van der Waals surface area contributed by atoms with Gasteiger partial charge < -0.3 is 15.0 Å². The van der Waals surface area contributed by atoms with E-state index in [1.807, 2.05) is 62.4 Å². The van der Waals surface area contributed by atoms with Crippen LogP contribution in [0.3, 0.4) is 0 Å². The summed E-state index contributed by atoms with van der Waals surface area (Å²) < 4.78 is 20.2. The molecule has 1 N–H and O–H groups in total. The Labute approximate surface area is 200 Å². The van der Waals surface area contributed by atoms with Gasteiger partial charge in [-0.3, -0.25) is 9.59 Å². The first-order valence-corrected chi connectivity index (χ1v) is 11.5. The zero-order valence-corrected chi connectivity index (χ0v) is 19.6. The molecule has 3 aromatic rings. The van der Waals surface area contributed by atoms with E-state index < -0.39 is 17.8 Å². The van der Waals surface area contributed by atoms with Gasteiger partial charge in [0.15, 0.2) is 6.61 Å². The number of rotatable bonds is 11. The summed E-state index contributed by atoms with van der Waals surface area (Å²) in [6, 6.07) is 23.9. The standard InChI is InChI=1S/C28H31FN2O3/c1-3-21(2)30-28(33)26(18-22-12-6-4-7-13-22)31(19-23-14-10-11-17-25(23)29)27(32)20-34-24-15-8-5-9-16-24/h4-17,21,26H,3,18-20H2,1-2H3,(H,30,33)/t21-,26+/m0/s1. The molecule has 3 rings (SSSR count). The summed E-state index contributed by atoms with van der Waals surface area (Å²) >= 11 is 0. The quantitative estimate of drug-likeness (QED) is 0.447. The predicted octanol–water partition coefficient (Wildman–Crippen LogP) is 4.76. The molecule has 2 amide bonds. The largest absolute Gasteiger partial charge is 0.484 e. The van der Waals surface area contributed by atoms with E-state index in [0.717, 1.165) is 12.0 Å². The number of amides is 2. The van der Waals surface area contributed by atoms with Gasteiger partial charge in [-0.15, -0.1) is 0 Å². The number of halogens is 1. The maximum Gasteiger partial charge on any atom is 0.261 e. The van der Waals surface area contributed by atoms with E-state index in [-0.39, 0.29) is 25.1 Å². The van der Waals surface area contributed by atoms with Gasteiger partial charge in [-0.25, -0.2) is 4.39 Å². The van der Waals surface area contributed by atoms with Gasteiger partial charge in [0.05, 0.1) is 0 Å². The molecule has 0 fully saturated rings. The van der Waals surface area contributed by atoms with Crippen LogP contribution in [0, 0.1) is 5.82 Å². The number of hydrogen-bond donors (Lipinski definition) is 1. The fraction of sp³-hybridized carbons (Fsp3) is 0.286. The Morgan fingerprint density at radius 1 is 0.941 bits per heavy atom. The Morgan fingerprint density at radius 3 is 2.21 bits per heavy atom. The maximum absolute atomic E-state index is 14.6. The van der Waals surface area contributed by atoms with Crippen molar-refractivity contribution in [1.29, 1.82) is 0 Å². The minimum absolute atomic E-state index is 0.0465. The van der Waals surface area contributed by atoms with Crippen LogP contribution >= 0.6 is 0 Å². The van der Waals surface area contributed by atoms with Crippen molar-refractivity contribution in [2.24, 2.45) is 0 Å². The molecule has 178 valence electrons. The van der Waals surface area contributed by atoms with Gasteiger partial charge in [0, 0.05) is 24.6 Å². The maximum atomic E-state index is 14.6. The first-order valence-electron chi connectivity index (χ1n) is 11.5. The van der Waals surface area contributed by atoms with E-state index >= 15 is 0 Å². The van der Waals surface area contributed by atoms with Crippen molar-refractivity contribution >= 4 is 11.8 Å². The molecular formula is C28H31FN2O3. The predicted molar refractivity (Wildman–Crippen MR) is 131 cm³/mol. The van der Waals surface area contributed by atoms with Crippen molar-refractivity contribution in [3.05, 3.63) is 102 Å². The van der Waals surface area contributed by atoms with Crippen molar-refractivity contribution in [2.45, 2.75) is 45.3 Å². The fourth-order valence-electron chi connectivity index (χ4n) is 3.55. The van der Waals surface area contributed by atoms with Crippen LogP contribution in [0.5, 0.6) is 5.75 Å². The van der Waals surface area contributed by atoms with Crippen LogP contribution in [-0.2, 0) is 22.6 Å². The molecule has 6 heteroatoms. The molecule has 0 aliphatic carbocycles. The lowest BCUT2D eigenvalue weighted by atomic mass is 10.0. The van der Waals surface area contributed by atoms with Gasteiger partial charge in [0.2, 0.25) is 5.91 Å². The second-order valence-electron chi connectivity index (χ2n) is 8.24. The molecule has 0 saturated heterocycles. The minimum Gasteiger partial charge on any atom is -0.484 e. The highest BCUT2D eigenvalue weighted by Crippen LogP contribution is 2.18. The number of hydrogen-bond acceptors (Lipinski definition) is 3. The molecular weight excluding hydrogens is 431 g/mol. The third kappa shape index (κ3) is 7.17. The summed E-state index contributed by atoms with van der Waals surface area (Å²) in [7, 11) is 0. The lowest BCUT2D eigenvalue weighted by Crippen LogP contribution is -2.53.